The zero-order chi connectivity index (χ0) is 11.5. The Morgan fingerprint density at radius 2 is 1.19 bits per heavy atom. The zero-order valence-electron chi connectivity index (χ0n) is 9.28. The van der Waals surface area contributed by atoms with Crippen LogP contribution in [0.2, 0.25) is 0 Å². The van der Waals surface area contributed by atoms with E-state index >= 15 is 0 Å². The van der Waals surface area contributed by atoms with E-state index in [2.05, 4.69) is 13.8 Å². The molecule has 0 heterocycles. The molecule has 0 aromatic rings. The summed E-state index contributed by atoms with van der Waals surface area (Å²) in [7, 11) is 0. The Morgan fingerprint density at radius 1 is 0.875 bits per heavy atom. The molecule has 6 saturated carbocycles. The molecule has 4 N–H and O–H groups in total. The summed E-state index contributed by atoms with van der Waals surface area (Å²) < 4.78 is 0. The highest BCUT2D eigenvalue weighted by Crippen LogP contribution is 3.18. The van der Waals surface area contributed by atoms with Crippen LogP contribution in [0.3, 0.4) is 0 Å². The first-order valence-electron chi connectivity index (χ1n) is 5.97. The van der Waals surface area contributed by atoms with Crippen molar-refractivity contribution in [2.45, 2.75) is 13.8 Å². The highest BCUT2D eigenvalue weighted by molar-refractivity contribution is 6.02. The molecule has 8 atom stereocenters. The van der Waals surface area contributed by atoms with E-state index in [4.69, 9.17) is 11.5 Å². The summed E-state index contributed by atoms with van der Waals surface area (Å²) in [5.41, 5.74) is 10.7. The lowest BCUT2D eigenvalue weighted by molar-refractivity contribution is -0.704. The number of carbonyl (C=O) groups is 2. The van der Waals surface area contributed by atoms with Crippen LogP contribution in [0.4, 0.5) is 0 Å². The largest absolute Gasteiger partial charge is 0.369 e. The summed E-state index contributed by atoms with van der Waals surface area (Å²) >= 11 is 0. The van der Waals surface area contributed by atoms with Gasteiger partial charge >= 0.3 is 0 Å². The predicted molar refractivity (Wildman–Crippen MR) is 53.4 cm³/mol. The molecule has 8 unspecified atom stereocenters. The summed E-state index contributed by atoms with van der Waals surface area (Å²) in [4.78, 5) is 23.4. The molecule has 0 aliphatic heterocycles. The normalized spacial score (nSPS) is 78.1. The minimum atomic E-state index is -0.242. The van der Waals surface area contributed by atoms with Crippen LogP contribution in [0.15, 0.2) is 0 Å². The molecule has 6 rings (SSSR count). The third-order valence-electron chi connectivity index (χ3n) is 7.99. The van der Waals surface area contributed by atoms with Crippen molar-refractivity contribution >= 4 is 11.8 Å². The predicted octanol–water partition coefficient (Wildman–Crippen LogP) is -0.525. The number of carbonyl (C=O) groups excluding carboxylic acids is 2. The molecule has 6 fully saturated rings. The lowest BCUT2D eigenvalue weighted by Gasteiger charge is -3.17. The number of hydrogen-bond donors (Lipinski definition) is 2. The molecule has 84 valence electrons. The topological polar surface area (TPSA) is 86.2 Å². The van der Waals surface area contributed by atoms with E-state index < -0.39 is 0 Å². The van der Waals surface area contributed by atoms with E-state index in [9.17, 15) is 9.59 Å². The molecule has 0 aromatic carbocycles. The Hall–Kier alpha value is -1.06. The monoisotopic (exact) mass is 218 g/mol. The number of rotatable bonds is 2. The van der Waals surface area contributed by atoms with Gasteiger partial charge in [-0.1, -0.05) is 13.8 Å². The molecule has 2 amide bonds. The Labute approximate surface area is 92.7 Å². The first-order chi connectivity index (χ1) is 7.37. The van der Waals surface area contributed by atoms with Crippen LogP contribution in [-0.2, 0) is 9.59 Å². The lowest BCUT2D eigenvalue weighted by atomic mass is 8.84. The first kappa shape index (κ1) is 8.09. The second kappa shape index (κ2) is 1.39. The van der Waals surface area contributed by atoms with Crippen LogP contribution in [-0.4, -0.2) is 11.8 Å². The summed E-state index contributed by atoms with van der Waals surface area (Å²) in [6.07, 6.45) is 0. The summed E-state index contributed by atoms with van der Waals surface area (Å²) in [6, 6.07) is 0. The third kappa shape index (κ3) is 0.250. The fraction of sp³-hybridized carbons (Fsp3) is 0.833. The van der Waals surface area contributed by atoms with Gasteiger partial charge in [0.15, 0.2) is 0 Å². The van der Waals surface area contributed by atoms with Gasteiger partial charge in [0, 0.05) is 0 Å². The second-order valence-corrected chi connectivity index (χ2v) is 6.88. The standard InChI is InChI=1S/C12H14N2O2/c1-9-5-3-4-6(11(3,9)7(13)15)10(9,2)12(4,5)8(14)16/h3-6H,1-2H3,(H2,13,15)(H2,14,16). The van der Waals surface area contributed by atoms with E-state index in [1.807, 2.05) is 0 Å². The van der Waals surface area contributed by atoms with Gasteiger partial charge in [0.2, 0.25) is 11.8 Å². The Morgan fingerprint density at radius 3 is 1.38 bits per heavy atom. The van der Waals surface area contributed by atoms with Gasteiger partial charge in [0.1, 0.15) is 0 Å². The zero-order valence-corrected chi connectivity index (χ0v) is 9.28. The van der Waals surface area contributed by atoms with Gasteiger partial charge in [0.25, 0.3) is 0 Å². The van der Waals surface area contributed by atoms with Crippen LogP contribution in [0.1, 0.15) is 13.8 Å². The SMILES string of the molecule is CC12C3C4C5C(C41C(N)=O)C2(C)C53C(N)=O. The van der Waals surface area contributed by atoms with Crippen molar-refractivity contribution in [3.8, 4) is 0 Å². The molecular weight excluding hydrogens is 204 g/mol. The number of nitrogens with two attached hydrogens (primary N) is 2. The quantitative estimate of drug-likeness (QED) is 0.653. The number of primary amides is 2. The van der Waals surface area contributed by atoms with Crippen molar-refractivity contribution in [2.75, 3.05) is 0 Å². The Bertz CT molecular complexity index is 497. The minimum absolute atomic E-state index is 0.00898. The van der Waals surface area contributed by atoms with Gasteiger partial charge in [-0.05, 0) is 34.5 Å². The molecule has 6 aliphatic carbocycles. The molecule has 4 nitrogen and oxygen atoms in total. The van der Waals surface area contributed by atoms with Gasteiger partial charge in [-0.25, -0.2) is 0 Å². The highest BCUT2D eigenvalue weighted by atomic mass is 16.2. The maximum absolute atomic E-state index is 11.7. The summed E-state index contributed by atoms with van der Waals surface area (Å²) in [5, 5.41) is 0. The lowest BCUT2D eigenvalue weighted by Crippen LogP contribution is -3.19. The molecule has 0 bridgehead atoms. The van der Waals surface area contributed by atoms with Gasteiger partial charge < -0.3 is 11.5 Å². The van der Waals surface area contributed by atoms with Crippen LogP contribution in [0.25, 0.3) is 0 Å². The maximum Gasteiger partial charge on any atom is 0.224 e. The van der Waals surface area contributed by atoms with Crippen LogP contribution >= 0.6 is 0 Å². The second-order valence-electron chi connectivity index (χ2n) is 6.88. The van der Waals surface area contributed by atoms with Crippen molar-refractivity contribution in [2.24, 2.45) is 56.8 Å². The molecule has 16 heavy (non-hydrogen) atoms. The van der Waals surface area contributed by atoms with Gasteiger partial charge in [-0.15, -0.1) is 0 Å². The van der Waals surface area contributed by atoms with E-state index in [1.54, 1.807) is 0 Å². The van der Waals surface area contributed by atoms with Gasteiger partial charge in [0.05, 0.1) is 10.8 Å². The minimum Gasteiger partial charge on any atom is -0.369 e. The molecule has 0 saturated heterocycles. The average Bonchev–Trinajstić information content (AvgIpc) is 2.16. The fourth-order valence-electron chi connectivity index (χ4n) is 8.04. The van der Waals surface area contributed by atoms with Crippen LogP contribution in [0, 0.1) is 45.3 Å². The summed E-state index contributed by atoms with van der Waals surface area (Å²) in [5.74, 6) is 1.26. The summed E-state index contributed by atoms with van der Waals surface area (Å²) in [6.45, 7) is 4.29. The Kier molecular flexibility index (Phi) is 0.704. The molecule has 0 aromatic heterocycles. The van der Waals surface area contributed by atoms with Crippen molar-refractivity contribution in [1.82, 2.24) is 0 Å². The maximum atomic E-state index is 11.7. The molecular formula is C12H14N2O2. The molecule has 6 aliphatic rings. The van der Waals surface area contributed by atoms with Crippen LogP contribution < -0.4 is 11.5 Å². The third-order valence-corrected chi connectivity index (χ3v) is 7.99. The fourth-order valence-corrected chi connectivity index (χ4v) is 8.04. The molecule has 4 heteroatoms. The smallest absolute Gasteiger partial charge is 0.224 e. The van der Waals surface area contributed by atoms with Crippen LogP contribution in [0.5, 0.6) is 0 Å². The van der Waals surface area contributed by atoms with Crippen molar-refractivity contribution in [1.29, 1.82) is 0 Å². The molecule has 0 spiro atoms. The number of amides is 2. The average molecular weight is 218 g/mol. The first-order valence-corrected chi connectivity index (χ1v) is 5.97. The van der Waals surface area contributed by atoms with E-state index in [0.717, 1.165) is 0 Å². The highest BCUT2D eigenvalue weighted by Gasteiger charge is 3.20. The van der Waals surface area contributed by atoms with E-state index in [-0.39, 0.29) is 33.5 Å². The van der Waals surface area contributed by atoms with Crippen molar-refractivity contribution < 1.29 is 9.59 Å². The van der Waals surface area contributed by atoms with Crippen molar-refractivity contribution in [3.05, 3.63) is 0 Å². The van der Waals surface area contributed by atoms with Gasteiger partial charge in [-0.2, -0.15) is 0 Å². The number of hydrogen-bond acceptors (Lipinski definition) is 2. The van der Waals surface area contributed by atoms with E-state index in [0.29, 0.717) is 23.7 Å². The molecule has 0 radical (unpaired) electrons. The van der Waals surface area contributed by atoms with Gasteiger partial charge in [-0.3, -0.25) is 9.59 Å². The van der Waals surface area contributed by atoms with Crippen molar-refractivity contribution in [3.63, 3.8) is 0 Å². The van der Waals surface area contributed by atoms with E-state index in [1.165, 1.54) is 0 Å². The Balaban J connectivity index is 1.75.